The predicted molar refractivity (Wildman–Crippen MR) is 71.0 cm³/mol. The molecule has 1 atom stereocenters. The number of thioether (sulfide) groups is 1. The van der Waals surface area contributed by atoms with Crippen molar-refractivity contribution >= 4 is 17.6 Å². The molecule has 2 N–H and O–H groups in total. The molecule has 16 heavy (non-hydrogen) atoms. The van der Waals surface area contributed by atoms with Gasteiger partial charge in [-0.2, -0.15) is 11.8 Å². The topological polar surface area (TPSA) is 42.1 Å². The molecule has 1 aromatic heterocycles. The summed E-state index contributed by atoms with van der Waals surface area (Å²) in [5.74, 6) is 2.28. The first-order valence-corrected chi connectivity index (χ1v) is 6.78. The molecule has 1 saturated heterocycles. The van der Waals surface area contributed by atoms with Crippen molar-refractivity contribution in [3.05, 3.63) is 23.4 Å². The Labute approximate surface area is 101 Å². The van der Waals surface area contributed by atoms with Crippen LogP contribution in [0.25, 0.3) is 0 Å². The summed E-state index contributed by atoms with van der Waals surface area (Å²) >= 11 is 2.04. The average molecular weight is 237 g/mol. The molecule has 0 radical (unpaired) electrons. The van der Waals surface area contributed by atoms with Gasteiger partial charge in [-0.05, 0) is 24.6 Å². The lowest BCUT2D eigenvalue weighted by Crippen LogP contribution is -2.37. The Morgan fingerprint density at radius 2 is 2.38 bits per heavy atom. The van der Waals surface area contributed by atoms with Crippen molar-refractivity contribution in [2.75, 3.05) is 23.7 Å². The van der Waals surface area contributed by atoms with Crippen molar-refractivity contribution in [3.63, 3.8) is 0 Å². The largest absolute Gasteiger partial charge is 0.355 e. The number of rotatable bonds is 2. The molecule has 1 fully saturated rings. The molecule has 0 amide bonds. The molecule has 0 aliphatic carbocycles. The van der Waals surface area contributed by atoms with E-state index in [0.717, 1.165) is 24.6 Å². The van der Waals surface area contributed by atoms with Crippen molar-refractivity contribution in [1.82, 2.24) is 4.98 Å². The van der Waals surface area contributed by atoms with Gasteiger partial charge in [0.1, 0.15) is 5.82 Å². The van der Waals surface area contributed by atoms with Gasteiger partial charge in [-0.3, -0.25) is 0 Å². The number of aryl methyl sites for hydroxylation is 1. The SMILES string of the molecule is Cc1cc(CN)cc(N2CCSC(C)C2)n1. The third-order valence-electron chi connectivity index (χ3n) is 2.80. The zero-order chi connectivity index (χ0) is 11.5. The van der Waals surface area contributed by atoms with Gasteiger partial charge in [0.25, 0.3) is 0 Å². The van der Waals surface area contributed by atoms with Gasteiger partial charge in [0.05, 0.1) is 0 Å². The number of pyridine rings is 1. The molecule has 88 valence electrons. The van der Waals surface area contributed by atoms with Gasteiger partial charge in [-0.25, -0.2) is 4.98 Å². The van der Waals surface area contributed by atoms with Gasteiger partial charge in [-0.15, -0.1) is 0 Å². The Kier molecular flexibility index (Phi) is 3.71. The molecule has 0 aromatic carbocycles. The van der Waals surface area contributed by atoms with E-state index in [4.69, 9.17) is 5.73 Å². The predicted octanol–water partition coefficient (Wildman–Crippen LogP) is 1.79. The maximum atomic E-state index is 5.69. The molecule has 1 aliphatic rings. The highest BCUT2D eigenvalue weighted by molar-refractivity contribution is 8.00. The maximum absolute atomic E-state index is 5.69. The second-order valence-corrected chi connectivity index (χ2v) is 5.85. The second kappa shape index (κ2) is 5.06. The van der Waals surface area contributed by atoms with E-state index in [-0.39, 0.29) is 0 Å². The van der Waals surface area contributed by atoms with E-state index in [9.17, 15) is 0 Å². The van der Waals surface area contributed by atoms with E-state index in [1.165, 1.54) is 11.3 Å². The number of hydrogen-bond acceptors (Lipinski definition) is 4. The van der Waals surface area contributed by atoms with Gasteiger partial charge in [0.15, 0.2) is 0 Å². The van der Waals surface area contributed by atoms with Gasteiger partial charge >= 0.3 is 0 Å². The van der Waals surface area contributed by atoms with Crippen LogP contribution in [0.3, 0.4) is 0 Å². The summed E-state index contributed by atoms with van der Waals surface area (Å²) in [5.41, 5.74) is 7.93. The average Bonchev–Trinajstić information content (AvgIpc) is 2.28. The van der Waals surface area contributed by atoms with Gasteiger partial charge < -0.3 is 10.6 Å². The van der Waals surface area contributed by atoms with Crippen molar-refractivity contribution in [3.8, 4) is 0 Å². The van der Waals surface area contributed by atoms with Crippen LogP contribution in [-0.2, 0) is 6.54 Å². The lowest BCUT2D eigenvalue weighted by Gasteiger charge is -2.31. The highest BCUT2D eigenvalue weighted by atomic mass is 32.2. The minimum absolute atomic E-state index is 0.592. The molecule has 2 heterocycles. The molecule has 0 bridgehead atoms. The summed E-state index contributed by atoms with van der Waals surface area (Å²) in [4.78, 5) is 6.97. The summed E-state index contributed by atoms with van der Waals surface area (Å²) in [6, 6.07) is 4.18. The third kappa shape index (κ3) is 2.68. The number of nitrogens with zero attached hydrogens (tertiary/aromatic N) is 2. The highest BCUT2D eigenvalue weighted by Crippen LogP contribution is 2.23. The second-order valence-electron chi connectivity index (χ2n) is 4.31. The van der Waals surface area contributed by atoms with Crippen LogP contribution in [0.2, 0.25) is 0 Å². The van der Waals surface area contributed by atoms with Crippen molar-refractivity contribution in [2.24, 2.45) is 5.73 Å². The third-order valence-corrected chi connectivity index (χ3v) is 3.94. The van der Waals surface area contributed by atoms with Crippen LogP contribution < -0.4 is 10.6 Å². The summed E-state index contributed by atoms with van der Waals surface area (Å²) < 4.78 is 0. The van der Waals surface area contributed by atoms with Crippen LogP contribution in [0, 0.1) is 6.92 Å². The lowest BCUT2D eigenvalue weighted by atomic mass is 10.2. The monoisotopic (exact) mass is 237 g/mol. The molecule has 3 nitrogen and oxygen atoms in total. The zero-order valence-corrected chi connectivity index (χ0v) is 10.8. The minimum atomic E-state index is 0.592. The zero-order valence-electron chi connectivity index (χ0n) is 9.94. The summed E-state index contributed by atoms with van der Waals surface area (Å²) in [6.45, 7) is 7.08. The first kappa shape index (κ1) is 11.7. The molecule has 0 saturated carbocycles. The number of anilines is 1. The molecule has 1 unspecified atom stereocenters. The van der Waals surface area contributed by atoms with Crippen LogP contribution in [0.1, 0.15) is 18.2 Å². The molecule has 1 aliphatic heterocycles. The van der Waals surface area contributed by atoms with E-state index in [2.05, 4.69) is 28.9 Å². The quantitative estimate of drug-likeness (QED) is 0.851. The van der Waals surface area contributed by atoms with E-state index < -0.39 is 0 Å². The Morgan fingerprint density at radius 3 is 3.06 bits per heavy atom. The van der Waals surface area contributed by atoms with Gasteiger partial charge in [0.2, 0.25) is 0 Å². The van der Waals surface area contributed by atoms with Gasteiger partial charge in [-0.1, -0.05) is 6.92 Å². The normalized spacial score (nSPS) is 21.2. The van der Waals surface area contributed by atoms with Crippen LogP contribution in [0.15, 0.2) is 12.1 Å². The first-order valence-electron chi connectivity index (χ1n) is 5.73. The first-order chi connectivity index (χ1) is 7.69. The Hall–Kier alpha value is -0.740. The molecule has 1 aromatic rings. The molecule has 2 rings (SSSR count). The standard InChI is InChI=1S/C12H19N3S/c1-9-5-11(7-13)6-12(14-9)15-3-4-16-10(2)8-15/h5-6,10H,3-4,7-8,13H2,1-2H3. The highest BCUT2D eigenvalue weighted by Gasteiger charge is 2.18. The fourth-order valence-corrected chi connectivity index (χ4v) is 3.04. The Morgan fingerprint density at radius 1 is 1.56 bits per heavy atom. The molecule has 4 heteroatoms. The summed E-state index contributed by atoms with van der Waals surface area (Å²) in [5, 5.41) is 0.692. The van der Waals surface area contributed by atoms with E-state index in [1.54, 1.807) is 0 Å². The van der Waals surface area contributed by atoms with Crippen LogP contribution in [0.5, 0.6) is 0 Å². The molecule has 0 spiro atoms. The van der Waals surface area contributed by atoms with Crippen LogP contribution in [-0.4, -0.2) is 29.1 Å². The van der Waals surface area contributed by atoms with Crippen molar-refractivity contribution < 1.29 is 0 Å². The summed E-state index contributed by atoms with van der Waals surface area (Å²) in [7, 11) is 0. The minimum Gasteiger partial charge on any atom is -0.355 e. The Bertz CT molecular complexity index is 367. The Balaban J connectivity index is 2.21. The lowest BCUT2D eigenvalue weighted by molar-refractivity contribution is 0.766. The van der Waals surface area contributed by atoms with E-state index in [0.29, 0.717) is 11.8 Å². The molecular formula is C12H19N3S. The van der Waals surface area contributed by atoms with Gasteiger partial charge in [0, 0.05) is 36.3 Å². The number of hydrogen-bond donors (Lipinski definition) is 1. The van der Waals surface area contributed by atoms with Crippen LogP contribution in [0.4, 0.5) is 5.82 Å². The van der Waals surface area contributed by atoms with Crippen LogP contribution >= 0.6 is 11.8 Å². The van der Waals surface area contributed by atoms with Crippen molar-refractivity contribution in [1.29, 1.82) is 0 Å². The van der Waals surface area contributed by atoms with E-state index >= 15 is 0 Å². The summed E-state index contributed by atoms with van der Waals surface area (Å²) in [6.07, 6.45) is 0. The fraction of sp³-hybridized carbons (Fsp3) is 0.583. The van der Waals surface area contributed by atoms with E-state index in [1.807, 2.05) is 18.7 Å². The number of nitrogens with two attached hydrogens (primary N) is 1. The molecular weight excluding hydrogens is 218 g/mol. The maximum Gasteiger partial charge on any atom is 0.129 e. The van der Waals surface area contributed by atoms with Crippen molar-refractivity contribution in [2.45, 2.75) is 25.6 Å². The number of aromatic nitrogens is 1. The smallest absolute Gasteiger partial charge is 0.129 e. The fourth-order valence-electron chi connectivity index (χ4n) is 2.03.